The molecule has 1 amide bonds. The maximum atomic E-state index is 12.9. The fourth-order valence-electron chi connectivity index (χ4n) is 3.17. The molecule has 0 aliphatic rings. The van der Waals surface area contributed by atoms with Crippen LogP contribution < -0.4 is 5.32 Å². The maximum Gasteiger partial charge on any atom is 0.261 e. The first kappa shape index (κ1) is 22.1. The molecule has 0 atom stereocenters. The number of amides is 1. The Morgan fingerprint density at radius 1 is 1.00 bits per heavy atom. The summed E-state index contributed by atoms with van der Waals surface area (Å²) in [7, 11) is -3.61. The van der Waals surface area contributed by atoms with Crippen molar-refractivity contribution in [2.75, 3.05) is 6.61 Å². The van der Waals surface area contributed by atoms with Gasteiger partial charge in [-0.25, -0.2) is 8.42 Å². The predicted molar refractivity (Wildman–Crippen MR) is 124 cm³/mol. The van der Waals surface area contributed by atoms with E-state index in [0.717, 1.165) is 21.2 Å². The largest absolute Gasteiger partial charge is 0.377 e. The second-order valence-corrected chi connectivity index (χ2v) is 10.2. The minimum absolute atomic E-state index is 0.171. The summed E-state index contributed by atoms with van der Waals surface area (Å²) in [5.74, 6) is -0.171. The van der Waals surface area contributed by atoms with Crippen molar-refractivity contribution in [3.8, 4) is 0 Å². The van der Waals surface area contributed by atoms with Crippen molar-refractivity contribution in [1.82, 2.24) is 10.3 Å². The molecular weight excluding hydrogens is 444 g/mol. The minimum Gasteiger partial charge on any atom is -0.377 e. The fraction of sp³-hybridized carbons (Fsp3) is 0.167. The van der Waals surface area contributed by atoms with Gasteiger partial charge in [0, 0.05) is 25.5 Å². The summed E-state index contributed by atoms with van der Waals surface area (Å²) in [5, 5.41) is 3.86. The van der Waals surface area contributed by atoms with Gasteiger partial charge in [0.15, 0.2) is 0 Å². The summed E-state index contributed by atoms with van der Waals surface area (Å²) in [4.78, 5) is 17.6. The highest BCUT2D eigenvalue weighted by atomic mass is 32.2. The molecule has 0 saturated carbocycles. The predicted octanol–water partition coefficient (Wildman–Crippen LogP) is 4.60. The Bertz CT molecular complexity index is 1300. The second kappa shape index (κ2) is 9.60. The van der Waals surface area contributed by atoms with E-state index in [9.17, 15) is 13.2 Å². The minimum atomic E-state index is -3.61. The van der Waals surface area contributed by atoms with E-state index in [4.69, 9.17) is 4.74 Å². The molecule has 8 heteroatoms. The van der Waals surface area contributed by atoms with E-state index < -0.39 is 9.84 Å². The summed E-state index contributed by atoms with van der Waals surface area (Å²) in [6.07, 6.45) is 3.43. The van der Waals surface area contributed by atoms with E-state index in [1.165, 1.54) is 11.3 Å². The summed E-state index contributed by atoms with van der Waals surface area (Å²) >= 11 is 1.39. The number of thiophene rings is 1. The van der Waals surface area contributed by atoms with E-state index >= 15 is 0 Å². The number of carbonyl (C=O) groups is 1. The number of pyridine rings is 1. The number of nitrogens with one attached hydrogen (secondary N) is 1. The number of nitrogens with zero attached hydrogens (tertiary/aromatic N) is 1. The lowest BCUT2D eigenvalue weighted by Gasteiger charge is -2.08. The number of aromatic nitrogens is 1. The average molecular weight is 467 g/mol. The van der Waals surface area contributed by atoms with Crippen LogP contribution in [0, 0.1) is 0 Å². The lowest BCUT2D eigenvalue weighted by molar-refractivity contribution is 0.0955. The van der Waals surface area contributed by atoms with Crippen LogP contribution in [0.15, 0.2) is 82.8 Å². The maximum absolute atomic E-state index is 12.9. The summed E-state index contributed by atoms with van der Waals surface area (Å²) in [6, 6.07) is 17.0. The van der Waals surface area contributed by atoms with Gasteiger partial charge in [0.1, 0.15) is 0 Å². The van der Waals surface area contributed by atoms with E-state index in [0.29, 0.717) is 24.6 Å². The van der Waals surface area contributed by atoms with Gasteiger partial charge in [0.2, 0.25) is 9.84 Å². The van der Waals surface area contributed by atoms with Crippen molar-refractivity contribution in [2.45, 2.75) is 29.9 Å². The van der Waals surface area contributed by atoms with Gasteiger partial charge < -0.3 is 10.1 Å². The number of benzene rings is 2. The number of carbonyl (C=O) groups excluding carboxylic acids is 1. The SMILES string of the molecule is CCOCc1ccc(S(=O)(=O)c2ccc(CNC(=O)c3cc4ccncc4s3)cc2)cc1. The zero-order chi connectivity index (χ0) is 22.6. The number of rotatable bonds is 8. The molecule has 0 spiro atoms. The molecule has 4 aromatic rings. The molecular formula is C24H22N2O4S2. The molecule has 2 heterocycles. The molecule has 2 aromatic heterocycles. The molecule has 0 unspecified atom stereocenters. The van der Waals surface area contributed by atoms with Crippen molar-refractivity contribution in [3.63, 3.8) is 0 Å². The van der Waals surface area contributed by atoms with Crippen molar-refractivity contribution in [2.24, 2.45) is 0 Å². The quantitative estimate of drug-likeness (QED) is 0.410. The van der Waals surface area contributed by atoms with Crippen LogP contribution in [0.3, 0.4) is 0 Å². The van der Waals surface area contributed by atoms with Gasteiger partial charge in [0.05, 0.1) is 26.0 Å². The molecule has 0 radical (unpaired) electrons. The molecule has 1 N–H and O–H groups in total. The molecule has 0 saturated heterocycles. The summed E-state index contributed by atoms with van der Waals surface area (Å²) < 4.78 is 32.1. The van der Waals surface area contributed by atoms with Gasteiger partial charge >= 0.3 is 0 Å². The Labute approximate surface area is 190 Å². The fourth-order valence-corrected chi connectivity index (χ4v) is 5.38. The third-order valence-corrected chi connectivity index (χ3v) is 7.81. The molecule has 0 aliphatic heterocycles. The number of hydrogen-bond acceptors (Lipinski definition) is 6. The molecule has 0 bridgehead atoms. The van der Waals surface area contributed by atoms with E-state index in [1.807, 2.05) is 19.1 Å². The average Bonchev–Trinajstić information content (AvgIpc) is 3.26. The number of sulfone groups is 1. The Morgan fingerprint density at radius 3 is 2.28 bits per heavy atom. The van der Waals surface area contributed by atoms with Crippen LogP contribution in [0.25, 0.3) is 10.1 Å². The summed E-state index contributed by atoms with van der Waals surface area (Å²) in [5.41, 5.74) is 1.74. The first-order valence-electron chi connectivity index (χ1n) is 10.1. The zero-order valence-corrected chi connectivity index (χ0v) is 19.1. The zero-order valence-electron chi connectivity index (χ0n) is 17.4. The smallest absolute Gasteiger partial charge is 0.261 e. The Morgan fingerprint density at radius 2 is 1.66 bits per heavy atom. The van der Waals surface area contributed by atoms with Crippen LogP contribution in [-0.2, 0) is 27.7 Å². The van der Waals surface area contributed by atoms with Gasteiger partial charge in [-0.1, -0.05) is 24.3 Å². The Balaban J connectivity index is 1.41. The third-order valence-electron chi connectivity index (χ3n) is 4.94. The third kappa shape index (κ3) is 4.88. The standard InChI is InChI=1S/C24H22N2O4S2/c1-2-30-16-18-5-9-21(10-6-18)32(28,29)20-7-3-17(4-8-20)14-26-24(27)22-13-19-11-12-25-15-23(19)31-22/h3-13,15H,2,14,16H2,1H3,(H,26,27). The molecule has 164 valence electrons. The van der Waals surface area contributed by atoms with Gasteiger partial charge in [-0.2, -0.15) is 0 Å². The highest BCUT2D eigenvalue weighted by Crippen LogP contribution is 2.25. The highest BCUT2D eigenvalue weighted by Gasteiger charge is 2.17. The van der Waals surface area contributed by atoms with Crippen molar-refractivity contribution >= 4 is 37.2 Å². The second-order valence-electron chi connectivity index (χ2n) is 7.14. The number of ether oxygens (including phenoxy) is 1. The van der Waals surface area contributed by atoms with Gasteiger partial charge in [-0.3, -0.25) is 9.78 Å². The van der Waals surface area contributed by atoms with Gasteiger partial charge in [-0.05, 0) is 59.8 Å². The molecule has 32 heavy (non-hydrogen) atoms. The van der Waals surface area contributed by atoms with E-state index in [-0.39, 0.29) is 15.7 Å². The van der Waals surface area contributed by atoms with Crippen LogP contribution in [0.5, 0.6) is 0 Å². The van der Waals surface area contributed by atoms with E-state index in [1.54, 1.807) is 60.9 Å². The van der Waals surface area contributed by atoms with Crippen LogP contribution in [-0.4, -0.2) is 25.9 Å². The molecule has 6 nitrogen and oxygen atoms in total. The van der Waals surface area contributed by atoms with Crippen LogP contribution in [0.1, 0.15) is 27.7 Å². The van der Waals surface area contributed by atoms with Crippen LogP contribution in [0.2, 0.25) is 0 Å². The molecule has 0 fully saturated rings. The molecule has 0 aliphatic carbocycles. The first-order chi connectivity index (χ1) is 15.5. The highest BCUT2D eigenvalue weighted by molar-refractivity contribution is 7.91. The van der Waals surface area contributed by atoms with Crippen LogP contribution >= 0.6 is 11.3 Å². The lowest BCUT2D eigenvalue weighted by Crippen LogP contribution is -2.21. The Hall–Kier alpha value is -3.07. The first-order valence-corrected chi connectivity index (χ1v) is 12.4. The molecule has 4 rings (SSSR count). The van der Waals surface area contributed by atoms with E-state index in [2.05, 4.69) is 10.3 Å². The summed E-state index contributed by atoms with van der Waals surface area (Å²) in [6.45, 7) is 3.28. The monoisotopic (exact) mass is 466 g/mol. The van der Waals surface area contributed by atoms with Gasteiger partial charge in [-0.15, -0.1) is 11.3 Å². The topological polar surface area (TPSA) is 85.4 Å². The Kier molecular flexibility index (Phi) is 6.64. The van der Waals surface area contributed by atoms with Gasteiger partial charge in [0.25, 0.3) is 5.91 Å². The lowest BCUT2D eigenvalue weighted by atomic mass is 10.2. The molecule has 2 aromatic carbocycles. The van der Waals surface area contributed by atoms with Crippen molar-refractivity contribution < 1.29 is 17.9 Å². The number of hydrogen-bond donors (Lipinski definition) is 1. The normalized spacial score (nSPS) is 11.5. The number of fused-ring (bicyclic) bond motifs is 1. The van der Waals surface area contributed by atoms with Crippen molar-refractivity contribution in [3.05, 3.63) is 89.1 Å². The van der Waals surface area contributed by atoms with Crippen molar-refractivity contribution in [1.29, 1.82) is 0 Å². The van der Waals surface area contributed by atoms with Crippen LogP contribution in [0.4, 0.5) is 0 Å².